The quantitative estimate of drug-likeness (QED) is 0.0750. The molecule has 374 valence electrons. The van der Waals surface area contributed by atoms with Gasteiger partial charge >= 0.3 is 12.1 Å². The van der Waals surface area contributed by atoms with Gasteiger partial charge in [-0.3, -0.25) is 19.4 Å². The van der Waals surface area contributed by atoms with Crippen LogP contribution in [0.3, 0.4) is 0 Å². The van der Waals surface area contributed by atoms with Crippen LogP contribution in [0.5, 0.6) is 23.0 Å². The Hall–Kier alpha value is -7.68. The minimum atomic E-state index is -0.423. The van der Waals surface area contributed by atoms with Crippen molar-refractivity contribution in [3.05, 3.63) is 167 Å². The van der Waals surface area contributed by atoms with E-state index in [-0.39, 0.29) is 17.8 Å². The SMILES string of the molecule is Cc1ccc(Oc2ccc(C(=O)NCCN3CCCC3)cc2N2CCN(c3ccccc3)C2=O)cc1C.Cc1ccc(Oc2ccc(C(=O)NCCN3CCCC3)cc2NC(=O)Nc2ccccc2)cc1C. The molecule has 0 radical (unpaired) electrons. The van der Waals surface area contributed by atoms with Gasteiger partial charge in [0.15, 0.2) is 11.5 Å². The van der Waals surface area contributed by atoms with Gasteiger partial charge in [0, 0.05) is 61.8 Å². The molecule has 0 bridgehead atoms. The van der Waals surface area contributed by atoms with Crippen molar-refractivity contribution in [1.82, 2.24) is 20.4 Å². The summed E-state index contributed by atoms with van der Waals surface area (Å²) < 4.78 is 12.4. The number of likely N-dealkylation sites (tertiary alicyclic amines) is 2. The third-order valence-corrected chi connectivity index (χ3v) is 13.3. The summed E-state index contributed by atoms with van der Waals surface area (Å²) >= 11 is 0. The summed E-state index contributed by atoms with van der Waals surface area (Å²) in [6, 6.07) is 40.4. The Morgan fingerprint density at radius 2 is 1.00 bits per heavy atom. The summed E-state index contributed by atoms with van der Waals surface area (Å²) in [6.45, 7) is 16.4. The first-order chi connectivity index (χ1) is 35.0. The molecule has 9 rings (SSSR count). The smallest absolute Gasteiger partial charge is 0.329 e. The maximum absolute atomic E-state index is 13.5. The van der Waals surface area contributed by atoms with Crippen molar-refractivity contribution in [2.45, 2.75) is 53.4 Å². The first kappa shape index (κ1) is 50.7. The van der Waals surface area contributed by atoms with Crippen molar-refractivity contribution in [2.24, 2.45) is 0 Å². The highest BCUT2D eigenvalue weighted by Gasteiger charge is 2.33. The summed E-state index contributed by atoms with van der Waals surface area (Å²) in [5.74, 6) is 2.00. The molecule has 0 atom stereocenters. The number of anilines is 4. The van der Waals surface area contributed by atoms with E-state index in [2.05, 4.69) is 38.0 Å². The Bertz CT molecular complexity index is 2830. The Labute approximate surface area is 423 Å². The fourth-order valence-electron chi connectivity index (χ4n) is 8.91. The molecule has 3 fully saturated rings. The molecule has 14 nitrogen and oxygen atoms in total. The van der Waals surface area contributed by atoms with Crippen LogP contribution in [-0.2, 0) is 0 Å². The molecule has 3 aliphatic heterocycles. The van der Waals surface area contributed by atoms with E-state index >= 15 is 0 Å². The number of para-hydroxylation sites is 2. The highest BCUT2D eigenvalue weighted by molar-refractivity contribution is 6.08. The van der Waals surface area contributed by atoms with Crippen LogP contribution in [0.4, 0.5) is 32.3 Å². The number of hydrogen-bond donors (Lipinski definition) is 4. The van der Waals surface area contributed by atoms with Gasteiger partial charge in [-0.15, -0.1) is 0 Å². The Kier molecular flexibility index (Phi) is 17.2. The average Bonchev–Trinajstić information content (AvgIpc) is 4.19. The Balaban J connectivity index is 0.000000193. The number of rotatable bonds is 16. The van der Waals surface area contributed by atoms with E-state index in [1.54, 1.807) is 58.3 Å². The molecule has 72 heavy (non-hydrogen) atoms. The molecular formula is C58H66N8O6. The van der Waals surface area contributed by atoms with Gasteiger partial charge in [-0.2, -0.15) is 0 Å². The maximum Gasteiger partial charge on any atom is 0.329 e. The molecule has 3 saturated heterocycles. The van der Waals surface area contributed by atoms with E-state index in [0.717, 1.165) is 56.1 Å². The van der Waals surface area contributed by atoms with Crippen LogP contribution >= 0.6 is 0 Å². The number of ether oxygens (including phenoxy) is 2. The molecule has 6 aromatic rings. The molecule has 0 aromatic heterocycles. The standard InChI is InChI=1S/C30H34N4O3.C28H32N4O3/c1-22-10-12-26(20-23(22)2)37-28-13-11-24(29(35)31-14-17-32-15-6-7-16-32)21-27(28)34-19-18-33(30(34)36)25-8-4-3-5-9-25;1-20-10-12-24(18-21(20)2)35-26-13-11-22(27(33)29-14-17-32-15-6-7-16-32)19-25(26)31-28(34)30-23-8-4-3-5-9-23/h3-5,8-13,20-21H,6-7,14-19H2,1-2H3,(H,31,35);3-5,8-13,18-19H,6-7,14-17H2,1-2H3,(H,29,33)(H2,30,31,34). The number of nitrogens with zero attached hydrogens (tertiary/aromatic N) is 4. The predicted molar refractivity (Wildman–Crippen MR) is 286 cm³/mol. The second-order valence-electron chi connectivity index (χ2n) is 18.6. The lowest BCUT2D eigenvalue weighted by Gasteiger charge is -2.22. The fourth-order valence-corrected chi connectivity index (χ4v) is 8.91. The lowest BCUT2D eigenvalue weighted by atomic mass is 10.1. The normalized spacial score (nSPS) is 14.6. The van der Waals surface area contributed by atoms with E-state index < -0.39 is 6.03 Å². The first-order valence-electron chi connectivity index (χ1n) is 25.0. The van der Waals surface area contributed by atoms with E-state index in [1.807, 2.05) is 106 Å². The number of hydrogen-bond acceptors (Lipinski definition) is 8. The molecule has 3 aliphatic rings. The average molecular weight is 971 g/mol. The van der Waals surface area contributed by atoms with Crippen LogP contribution in [-0.4, -0.2) is 99.1 Å². The Morgan fingerprint density at radius 3 is 1.56 bits per heavy atom. The summed E-state index contributed by atoms with van der Waals surface area (Å²) in [5.41, 5.74) is 8.05. The minimum absolute atomic E-state index is 0.136. The highest BCUT2D eigenvalue weighted by Crippen LogP contribution is 2.37. The monoisotopic (exact) mass is 971 g/mol. The number of amides is 6. The van der Waals surface area contributed by atoms with Gasteiger partial charge in [-0.25, -0.2) is 9.59 Å². The second-order valence-corrected chi connectivity index (χ2v) is 18.6. The molecule has 0 unspecified atom stereocenters. The van der Waals surface area contributed by atoms with Gasteiger partial charge in [0.2, 0.25) is 0 Å². The van der Waals surface area contributed by atoms with Gasteiger partial charge in [-0.1, -0.05) is 48.5 Å². The van der Waals surface area contributed by atoms with Gasteiger partial charge in [0.1, 0.15) is 11.5 Å². The lowest BCUT2D eigenvalue weighted by Crippen LogP contribution is -2.34. The summed E-state index contributed by atoms with van der Waals surface area (Å²) in [7, 11) is 0. The first-order valence-corrected chi connectivity index (χ1v) is 25.0. The fraction of sp³-hybridized carbons (Fsp3) is 0.310. The van der Waals surface area contributed by atoms with Crippen LogP contribution in [0, 0.1) is 27.7 Å². The van der Waals surface area contributed by atoms with Crippen LogP contribution in [0.1, 0.15) is 68.7 Å². The zero-order valence-electron chi connectivity index (χ0n) is 41.8. The van der Waals surface area contributed by atoms with Crippen molar-refractivity contribution in [1.29, 1.82) is 0 Å². The van der Waals surface area contributed by atoms with Crippen molar-refractivity contribution in [3.63, 3.8) is 0 Å². The summed E-state index contributed by atoms with van der Waals surface area (Å²) in [4.78, 5) is 60.2. The van der Waals surface area contributed by atoms with Crippen molar-refractivity contribution < 1.29 is 28.7 Å². The molecular weight excluding hydrogens is 905 g/mol. The van der Waals surface area contributed by atoms with Crippen LogP contribution in [0.25, 0.3) is 0 Å². The molecule has 4 N–H and O–H groups in total. The number of benzene rings is 6. The molecule has 6 amide bonds. The second kappa shape index (κ2) is 24.4. The molecule has 14 heteroatoms. The minimum Gasteiger partial charge on any atom is -0.455 e. The third kappa shape index (κ3) is 13.6. The van der Waals surface area contributed by atoms with Gasteiger partial charge in [-0.05, 0) is 187 Å². The van der Waals surface area contributed by atoms with Gasteiger partial charge in [0.25, 0.3) is 11.8 Å². The summed E-state index contributed by atoms with van der Waals surface area (Å²) in [6.07, 6.45) is 4.89. The van der Waals surface area contributed by atoms with Gasteiger partial charge < -0.3 is 40.5 Å². The van der Waals surface area contributed by atoms with E-state index in [0.29, 0.717) is 77.4 Å². The van der Waals surface area contributed by atoms with E-state index in [4.69, 9.17) is 9.47 Å². The third-order valence-electron chi connectivity index (χ3n) is 13.3. The number of carbonyl (C=O) groups excluding carboxylic acids is 4. The molecule has 0 saturated carbocycles. The highest BCUT2D eigenvalue weighted by atomic mass is 16.5. The van der Waals surface area contributed by atoms with Crippen LogP contribution < -0.4 is 40.5 Å². The molecule has 0 spiro atoms. The van der Waals surface area contributed by atoms with Gasteiger partial charge in [0.05, 0.1) is 11.4 Å². The topological polar surface area (TPSA) is 148 Å². The van der Waals surface area contributed by atoms with Crippen molar-refractivity contribution >= 4 is 46.6 Å². The van der Waals surface area contributed by atoms with Crippen LogP contribution in [0.15, 0.2) is 133 Å². The largest absolute Gasteiger partial charge is 0.455 e. The number of aryl methyl sites for hydroxylation is 4. The number of urea groups is 2. The van der Waals surface area contributed by atoms with E-state index in [1.165, 1.54) is 36.8 Å². The summed E-state index contributed by atoms with van der Waals surface area (Å²) in [5, 5.41) is 11.7. The van der Waals surface area contributed by atoms with Crippen LogP contribution in [0.2, 0.25) is 0 Å². The molecule has 3 heterocycles. The molecule has 6 aromatic carbocycles. The predicted octanol–water partition coefficient (Wildman–Crippen LogP) is 10.9. The number of carbonyl (C=O) groups is 4. The van der Waals surface area contributed by atoms with Crippen molar-refractivity contribution in [3.8, 4) is 23.0 Å². The zero-order chi connectivity index (χ0) is 50.4. The number of nitrogens with one attached hydrogen (secondary N) is 4. The zero-order valence-corrected chi connectivity index (χ0v) is 41.8. The molecule has 0 aliphatic carbocycles. The van der Waals surface area contributed by atoms with Crippen molar-refractivity contribution in [2.75, 3.05) is 85.9 Å². The maximum atomic E-state index is 13.5. The Morgan fingerprint density at radius 1 is 0.500 bits per heavy atom. The lowest BCUT2D eigenvalue weighted by molar-refractivity contribution is 0.0941. The van der Waals surface area contributed by atoms with E-state index in [9.17, 15) is 19.2 Å².